The Labute approximate surface area is 164 Å². The van der Waals surface area contributed by atoms with Crippen molar-refractivity contribution in [3.05, 3.63) is 46.6 Å². The van der Waals surface area contributed by atoms with Crippen LogP contribution >= 0.6 is 11.6 Å². The second kappa shape index (κ2) is 6.66. The second-order valence-corrected chi connectivity index (χ2v) is 7.54. The largest absolute Gasteiger partial charge is 0.336 e. The minimum Gasteiger partial charge on any atom is -0.336 e. The zero-order valence-corrected chi connectivity index (χ0v) is 15.5. The van der Waals surface area contributed by atoms with Crippen molar-refractivity contribution in [3.63, 3.8) is 0 Å². The van der Waals surface area contributed by atoms with Crippen LogP contribution in [0.15, 0.2) is 28.9 Å². The molecule has 1 aliphatic heterocycles. The highest BCUT2D eigenvalue weighted by atomic mass is 35.5. The maximum absolute atomic E-state index is 13.5. The van der Waals surface area contributed by atoms with Gasteiger partial charge in [-0.1, -0.05) is 22.0 Å². The van der Waals surface area contributed by atoms with Gasteiger partial charge in [0.05, 0.1) is 22.8 Å². The summed E-state index contributed by atoms with van der Waals surface area (Å²) in [6.07, 6.45) is 4.64. The second-order valence-electron chi connectivity index (χ2n) is 7.13. The fourth-order valence-electron chi connectivity index (χ4n) is 3.37. The fourth-order valence-corrected chi connectivity index (χ4v) is 3.57. The van der Waals surface area contributed by atoms with Gasteiger partial charge in [0.25, 0.3) is 11.8 Å². The van der Waals surface area contributed by atoms with Crippen LogP contribution in [0.3, 0.4) is 0 Å². The summed E-state index contributed by atoms with van der Waals surface area (Å²) in [5.41, 5.74) is 0.678. The molecule has 1 amide bonds. The van der Waals surface area contributed by atoms with Crippen molar-refractivity contribution >= 4 is 17.5 Å². The maximum atomic E-state index is 13.5. The number of rotatable bonds is 4. The molecule has 5 rings (SSSR count). The smallest absolute Gasteiger partial charge is 0.280 e. The van der Waals surface area contributed by atoms with Gasteiger partial charge >= 0.3 is 0 Å². The first kappa shape index (κ1) is 17.3. The zero-order chi connectivity index (χ0) is 19.3. The molecule has 0 spiro atoms. The molecule has 3 heterocycles. The molecule has 0 radical (unpaired) electrons. The van der Waals surface area contributed by atoms with Crippen molar-refractivity contribution < 1.29 is 13.7 Å². The molecular formula is C18H16ClFN6O2. The topological polar surface area (TPSA) is 89.9 Å². The average Bonchev–Trinajstić information content (AvgIpc) is 3.12. The van der Waals surface area contributed by atoms with Gasteiger partial charge in [-0.05, 0) is 37.5 Å². The first-order valence-corrected chi connectivity index (χ1v) is 9.46. The third-order valence-electron chi connectivity index (χ3n) is 5.10. The van der Waals surface area contributed by atoms with E-state index < -0.39 is 5.82 Å². The molecule has 1 aromatic carbocycles. The van der Waals surface area contributed by atoms with Crippen molar-refractivity contribution in [2.75, 3.05) is 13.1 Å². The number of benzene rings is 1. The van der Waals surface area contributed by atoms with Gasteiger partial charge in [-0.25, -0.2) is 9.07 Å². The summed E-state index contributed by atoms with van der Waals surface area (Å²) >= 11 is 6.06. The molecule has 0 N–H and O–H groups in total. The van der Waals surface area contributed by atoms with E-state index in [0.717, 1.165) is 12.8 Å². The Bertz CT molecular complexity index is 1050. The van der Waals surface area contributed by atoms with Crippen LogP contribution in [0.2, 0.25) is 5.02 Å². The molecule has 3 aromatic rings. The zero-order valence-electron chi connectivity index (χ0n) is 14.8. The van der Waals surface area contributed by atoms with Crippen LogP contribution < -0.4 is 0 Å². The average molecular weight is 403 g/mol. The number of hydrogen-bond donors (Lipinski definition) is 0. The molecule has 1 saturated heterocycles. The Kier molecular flexibility index (Phi) is 4.12. The summed E-state index contributed by atoms with van der Waals surface area (Å²) in [6, 6.07) is 3.75. The standard InChI is InChI=1S/C18H16ClFN6O2/c19-14-4-3-11(20)7-13(14)18(27)25-6-5-12(8-25)26-9-15(22-24-26)17-21-16(23-28-17)10-1-2-10/h3-4,7,9-10,12H,1-2,5-6,8H2/t12-/m0/s1. The molecular weight excluding hydrogens is 387 g/mol. The lowest BCUT2D eigenvalue weighted by Gasteiger charge is -2.17. The predicted molar refractivity (Wildman–Crippen MR) is 96.3 cm³/mol. The number of nitrogens with zero attached hydrogens (tertiary/aromatic N) is 6. The summed E-state index contributed by atoms with van der Waals surface area (Å²) in [6.45, 7) is 0.962. The molecule has 1 atom stereocenters. The molecule has 1 saturated carbocycles. The number of hydrogen-bond acceptors (Lipinski definition) is 6. The van der Waals surface area contributed by atoms with E-state index in [9.17, 15) is 9.18 Å². The van der Waals surface area contributed by atoms with Crippen molar-refractivity contribution in [3.8, 4) is 11.6 Å². The van der Waals surface area contributed by atoms with Gasteiger partial charge < -0.3 is 9.42 Å². The molecule has 2 fully saturated rings. The molecule has 0 bridgehead atoms. The van der Waals surface area contributed by atoms with Crippen molar-refractivity contribution in [1.29, 1.82) is 0 Å². The lowest BCUT2D eigenvalue weighted by Crippen LogP contribution is -2.29. The lowest BCUT2D eigenvalue weighted by molar-refractivity contribution is 0.0786. The maximum Gasteiger partial charge on any atom is 0.280 e. The van der Waals surface area contributed by atoms with Crippen LogP contribution in [0.5, 0.6) is 0 Å². The molecule has 144 valence electrons. The summed E-state index contributed by atoms with van der Waals surface area (Å²) in [7, 11) is 0. The predicted octanol–water partition coefficient (Wildman–Crippen LogP) is 3.09. The van der Waals surface area contributed by atoms with Crippen LogP contribution in [0.4, 0.5) is 4.39 Å². The van der Waals surface area contributed by atoms with E-state index in [-0.39, 0.29) is 22.5 Å². The SMILES string of the molecule is O=C(c1cc(F)ccc1Cl)N1CC[C@H](n2cc(-c3nc(C4CC4)no3)nn2)C1. The third-order valence-corrected chi connectivity index (χ3v) is 5.43. The number of carbonyl (C=O) groups excluding carboxylic acids is 1. The lowest BCUT2D eigenvalue weighted by atomic mass is 10.2. The van der Waals surface area contributed by atoms with Crippen molar-refractivity contribution in [2.24, 2.45) is 0 Å². The number of halogens is 2. The summed E-state index contributed by atoms with van der Waals surface area (Å²) in [5.74, 6) is 0.684. The molecule has 10 heteroatoms. The van der Waals surface area contributed by atoms with E-state index >= 15 is 0 Å². The quantitative estimate of drug-likeness (QED) is 0.666. The van der Waals surface area contributed by atoms with Crippen molar-refractivity contribution in [2.45, 2.75) is 31.2 Å². The molecule has 2 aliphatic rings. The summed E-state index contributed by atoms with van der Waals surface area (Å²) < 4.78 is 20.5. The molecule has 1 aliphatic carbocycles. The Hall–Kier alpha value is -2.81. The normalized spacial score (nSPS) is 19.4. The number of aromatic nitrogens is 5. The highest BCUT2D eigenvalue weighted by Gasteiger charge is 2.32. The Morgan fingerprint density at radius 3 is 2.96 bits per heavy atom. The van der Waals surface area contributed by atoms with Crippen LogP contribution in [0.25, 0.3) is 11.6 Å². The highest BCUT2D eigenvalue weighted by Crippen LogP contribution is 2.38. The van der Waals surface area contributed by atoms with E-state index in [0.29, 0.717) is 42.8 Å². The summed E-state index contributed by atoms with van der Waals surface area (Å²) in [4.78, 5) is 18.7. The monoisotopic (exact) mass is 402 g/mol. The van der Waals surface area contributed by atoms with E-state index in [1.54, 1.807) is 15.8 Å². The van der Waals surface area contributed by atoms with Gasteiger partial charge in [-0.15, -0.1) is 5.10 Å². The van der Waals surface area contributed by atoms with E-state index in [1.165, 1.54) is 18.2 Å². The van der Waals surface area contributed by atoms with Gasteiger partial charge in [0, 0.05) is 19.0 Å². The Balaban J connectivity index is 1.30. The Morgan fingerprint density at radius 1 is 1.29 bits per heavy atom. The number of amides is 1. The summed E-state index contributed by atoms with van der Waals surface area (Å²) in [5, 5.41) is 12.5. The van der Waals surface area contributed by atoms with Crippen LogP contribution in [0, 0.1) is 5.82 Å². The highest BCUT2D eigenvalue weighted by molar-refractivity contribution is 6.33. The van der Waals surface area contributed by atoms with Crippen LogP contribution in [0.1, 0.15) is 47.4 Å². The third kappa shape index (κ3) is 3.15. The first-order chi connectivity index (χ1) is 13.6. The van der Waals surface area contributed by atoms with E-state index in [4.69, 9.17) is 16.1 Å². The van der Waals surface area contributed by atoms with Gasteiger partial charge in [0.1, 0.15) is 5.82 Å². The molecule has 2 aromatic heterocycles. The first-order valence-electron chi connectivity index (χ1n) is 9.08. The molecule has 28 heavy (non-hydrogen) atoms. The van der Waals surface area contributed by atoms with Gasteiger partial charge in [-0.3, -0.25) is 4.79 Å². The molecule has 0 unspecified atom stereocenters. The molecule has 8 nitrogen and oxygen atoms in total. The van der Waals surface area contributed by atoms with E-state index in [1.807, 2.05) is 0 Å². The van der Waals surface area contributed by atoms with E-state index in [2.05, 4.69) is 20.5 Å². The Morgan fingerprint density at radius 2 is 2.14 bits per heavy atom. The van der Waals surface area contributed by atoms with Gasteiger partial charge in [0.2, 0.25) is 0 Å². The number of likely N-dealkylation sites (tertiary alicyclic amines) is 1. The minimum absolute atomic E-state index is 0.0386. The van der Waals surface area contributed by atoms with Crippen LogP contribution in [-0.2, 0) is 0 Å². The van der Waals surface area contributed by atoms with Crippen molar-refractivity contribution in [1.82, 2.24) is 30.0 Å². The minimum atomic E-state index is -0.491. The van der Waals surface area contributed by atoms with Gasteiger partial charge in [-0.2, -0.15) is 4.98 Å². The fraction of sp³-hybridized carbons (Fsp3) is 0.389. The van der Waals surface area contributed by atoms with Gasteiger partial charge in [0.15, 0.2) is 11.5 Å². The number of carbonyl (C=O) groups is 1. The van der Waals surface area contributed by atoms with Crippen LogP contribution in [-0.4, -0.2) is 49.0 Å².